The van der Waals surface area contributed by atoms with Gasteiger partial charge in [-0.05, 0) is 74.3 Å². The number of carbonyl (C=O) groups is 2. The summed E-state index contributed by atoms with van der Waals surface area (Å²) in [6, 6.07) is 10.7. The molecule has 8 heteroatoms. The van der Waals surface area contributed by atoms with Crippen molar-refractivity contribution >= 4 is 34.9 Å². The average molecular weight is 479 g/mol. The van der Waals surface area contributed by atoms with Crippen molar-refractivity contribution in [2.24, 2.45) is 0 Å². The number of hydrogen-bond donors (Lipinski definition) is 2. The molecular weight excluding hydrogens is 448 g/mol. The lowest BCUT2D eigenvalue weighted by molar-refractivity contribution is -0.131. The monoisotopic (exact) mass is 478 g/mol. The predicted octanol–water partition coefficient (Wildman–Crippen LogP) is 4.19. The first-order valence-electron chi connectivity index (χ1n) is 11.8. The van der Waals surface area contributed by atoms with Crippen molar-refractivity contribution in [2.75, 3.05) is 19.6 Å². The zero-order valence-electron chi connectivity index (χ0n) is 19.6. The van der Waals surface area contributed by atoms with Crippen molar-refractivity contribution in [3.63, 3.8) is 0 Å². The maximum absolute atomic E-state index is 13.2. The molecule has 7 nitrogen and oxygen atoms in total. The van der Waals surface area contributed by atoms with Crippen molar-refractivity contribution in [2.45, 2.75) is 46.0 Å². The van der Waals surface area contributed by atoms with Crippen molar-refractivity contribution in [1.29, 1.82) is 0 Å². The summed E-state index contributed by atoms with van der Waals surface area (Å²) in [5.41, 5.74) is 3.47. The Hall–Kier alpha value is -3.26. The maximum Gasteiger partial charge on any atom is 0.266 e. The summed E-state index contributed by atoms with van der Waals surface area (Å²) in [5.74, 6) is -0.208. The molecular formula is C26H30N4O3S. The van der Waals surface area contributed by atoms with Crippen LogP contribution in [-0.2, 0) is 4.79 Å². The molecule has 2 heterocycles. The van der Waals surface area contributed by atoms with E-state index in [4.69, 9.17) is 12.2 Å². The van der Waals surface area contributed by atoms with Gasteiger partial charge in [0.1, 0.15) is 0 Å². The van der Waals surface area contributed by atoms with E-state index < -0.39 is 0 Å². The number of amides is 2. The number of aryl methyl sites for hydroxylation is 1. The van der Waals surface area contributed by atoms with E-state index in [0.29, 0.717) is 16.5 Å². The molecule has 0 atom stereocenters. The minimum Gasteiger partial charge on any atom is -0.352 e. The standard InChI is InChI=1S/C26H30N4O3S/c1-17-8-7-9-22(18(17)2)30-25(33)20-11-10-19(16-21(20)28-26(30)34)24(32)27-13-12-23(31)29-14-5-3-4-6-15-29/h7-11,16H,3-6,12-15H2,1-2H3,(H,27,32)(H,28,34). The smallest absolute Gasteiger partial charge is 0.266 e. The van der Waals surface area contributed by atoms with Gasteiger partial charge >= 0.3 is 0 Å². The number of benzene rings is 2. The molecule has 4 rings (SSSR count). The second-order valence-corrected chi connectivity index (χ2v) is 9.24. The van der Waals surface area contributed by atoms with Crippen LogP contribution < -0.4 is 10.9 Å². The van der Waals surface area contributed by atoms with Gasteiger partial charge in [0.05, 0.1) is 16.6 Å². The zero-order chi connectivity index (χ0) is 24.2. The number of carbonyl (C=O) groups excluding carboxylic acids is 2. The highest BCUT2D eigenvalue weighted by Gasteiger charge is 2.16. The summed E-state index contributed by atoms with van der Waals surface area (Å²) >= 11 is 5.50. The molecule has 1 aliphatic heterocycles. The number of aromatic nitrogens is 2. The van der Waals surface area contributed by atoms with Crippen LogP contribution >= 0.6 is 12.2 Å². The number of likely N-dealkylation sites (tertiary alicyclic amines) is 1. The molecule has 2 aromatic carbocycles. The van der Waals surface area contributed by atoms with E-state index in [-0.39, 0.29) is 35.1 Å². The third-order valence-electron chi connectivity index (χ3n) is 6.56. The highest BCUT2D eigenvalue weighted by Crippen LogP contribution is 2.18. The van der Waals surface area contributed by atoms with Crippen LogP contribution in [0.25, 0.3) is 16.6 Å². The average Bonchev–Trinajstić information content (AvgIpc) is 3.11. The van der Waals surface area contributed by atoms with E-state index in [1.807, 2.05) is 36.9 Å². The third kappa shape index (κ3) is 4.97. The number of H-pyrrole nitrogens is 1. The topological polar surface area (TPSA) is 87.2 Å². The number of nitrogens with one attached hydrogen (secondary N) is 2. The Morgan fingerprint density at radius 1 is 1.06 bits per heavy atom. The Morgan fingerprint density at radius 3 is 2.53 bits per heavy atom. The Morgan fingerprint density at radius 2 is 1.79 bits per heavy atom. The van der Waals surface area contributed by atoms with Gasteiger partial charge in [0, 0.05) is 31.6 Å². The van der Waals surface area contributed by atoms with Crippen LogP contribution in [0.3, 0.4) is 0 Å². The van der Waals surface area contributed by atoms with E-state index in [1.54, 1.807) is 18.2 Å². The van der Waals surface area contributed by atoms with E-state index in [0.717, 1.165) is 42.7 Å². The molecule has 1 aliphatic rings. The van der Waals surface area contributed by atoms with E-state index >= 15 is 0 Å². The first kappa shape index (κ1) is 23.9. The van der Waals surface area contributed by atoms with Crippen LogP contribution in [0.2, 0.25) is 0 Å². The van der Waals surface area contributed by atoms with E-state index in [2.05, 4.69) is 10.3 Å². The summed E-state index contributed by atoms with van der Waals surface area (Å²) in [6.45, 7) is 5.83. The molecule has 0 aliphatic carbocycles. The largest absolute Gasteiger partial charge is 0.352 e. The minimum atomic E-state index is -0.288. The lowest BCUT2D eigenvalue weighted by Crippen LogP contribution is -2.35. The second kappa shape index (κ2) is 10.3. The van der Waals surface area contributed by atoms with Crippen molar-refractivity contribution < 1.29 is 9.59 Å². The highest BCUT2D eigenvalue weighted by atomic mass is 32.1. The first-order valence-corrected chi connectivity index (χ1v) is 12.2. The molecule has 1 fully saturated rings. The van der Waals surface area contributed by atoms with E-state index in [9.17, 15) is 14.4 Å². The number of fused-ring (bicyclic) bond motifs is 1. The van der Waals surface area contributed by atoms with Crippen LogP contribution in [0.4, 0.5) is 0 Å². The van der Waals surface area contributed by atoms with Gasteiger partial charge in [-0.2, -0.15) is 0 Å². The fraction of sp³-hybridized carbons (Fsp3) is 0.385. The van der Waals surface area contributed by atoms with Crippen LogP contribution in [0.15, 0.2) is 41.2 Å². The van der Waals surface area contributed by atoms with Gasteiger partial charge in [-0.3, -0.25) is 19.0 Å². The van der Waals surface area contributed by atoms with Crippen LogP contribution in [0.5, 0.6) is 0 Å². The SMILES string of the molecule is Cc1cccc(-n2c(=S)[nH]c3cc(C(=O)NCCC(=O)N4CCCCCC4)ccc3c2=O)c1C. The van der Waals surface area contributed by atoms with Gasteiger partial charge in [-0.25, -0.2) is 0 Å². The molecule has 3 aromatic rings. The summed E-state index contributed by atoms with van der Waals surface area (Å²) < 4.78 is 1.76. The van der Waals surface area contributed by atoms with E-state index in [1.165, 1.54) is 17.4 Å². The molecule has 2 N–H and O–H groups in total. The lowest BCUT2D eigenvalue weighted by Gasteiger charge is -2.20. The Labute approximate surface area is 203 Å². The summed E-state index contributed by atoms with van der Waals surface area (Å²) in [7, 11) is 0. The Kier molecular flexibility index (Phi) is 7.26. The molecule has 0 unspecified atom stereocenters. The van der Waals surface area contributed by atoms with Gasteiger partial charge in [-0.1, -0.05) is 25.0 Å². The van der Waals surface area contributed by atoms with Gasteiger partial charge < -0.3 is 15.2 Å². The maximum atomic E-state index is 13.2. The molecule has 0 radical (unpaired) electrons. The van der Waals surface area contributed by atoms with Gasteiger partial charge in [-0.15, -0.1) is 0 Å². The fourth-order valence-corrected chi connectivity index (χ4v) is 4.71. The van der Waals surface area contributed by atoms with Gasteiger partial charge in [0.2, 0.25) is 5.91 Å². The zero-order valence-corrected chi connectivity index (χ0v) is 20.5. The minimum absolute atomic E-state index is 0.0804. The Balaban J connectivity index is 1.50. The predicted molar refractivity (Wildman–Crippen MR) is 136 cm³/mol. The molecule has 2 amide bonds. The van der Waals surface area contributed by atoms with Crippen molar-refractivity contribution in [3.8, 4) is 5.69 Å². The highest BCUT2D eigenvalue weighted by molar-refractivity contribution is 7.71. The van der Waals surface area contributed by atoms with Crippen LogP contribution in [0, 0.1) is 18.6 Å². The molecule has 0 bridgehead atoms. The lowest BCUT2D eigenvalue weighted by atomic mass is 10.1. The molecule has 1 saturated heterocycles. The molecule has 34 heavy (non-hydrogen) atoms. The van der Waals surface area contributed by atoms with Gasteiger partial charge in [0.25, 0.3) is 11.5 Å². The Bertz CT molecular complexity index is 1350. The summed E-state index contributed by atoms with van der Waals surface area (Å²) in [6.07, 6.45) is 4.70. The third-order valence-corrected chi connectivity index (χ3v) is 6.84. The quantitative estimate of drug-likeness (QED) is 0.539. The molecule has 178 valence electrons. The number of aromatic amines is 1. The van der Waals surface area contributed by atoms with Crippen LogP contribution in [0.1, 0.15) is 53.6 Å². The summed E-state index contributed by atoms with van der Waals surface area (Å²) in [4.78, 5) is 43.4. The van der Waals surface area contributed by atoms with Crippen molar-refractivity contribution in [3.05, 3.63) is 68.2 Å². The molecule has 1 aromatic heterocycles. The molecule has 0 saturated carbocycles. The number of nitrogens with zero attached hydrogens (tertiary/aromatic N) is 2. The number of hydrogen-bond acceptors (Lipinski definition) is 4. The normalized spacial score (nSPS) is 14.1. The van der Waals surface area contributed by atoms with Crippen LogP contribution in [-0.4, -0.2) is 45.9 Å². The second-order valence-electron chi connectivity index (χ2n) is 8.85. The molecule has 0 spiro atoms. The van der Waals surface area contributed by atoms with Crippen molar-refractivity contribution in [1.82, 2.24) is 19.8 Å². The fourth-order valence-electron chi connectivity index (χ4n) is 4.42. The first-order chi connectivity index (χ1) is 16.4. The van der Waals surface area contributed by atoms with Gasteiger partial charge in [0.15, 0.2) is 4.77 Å². The summed E-state index contributed by atoms with van der Waals surface area (Å²) in [5, 5.41) is 3.27. The number of rotatable bonds is 5.